The molecule has 0 radical (unpaired) electrons. The molecule has 0 fully saturated rings. The molecule has 0 spiro atoms. The number of sulfonamides is 2. The number of thiophene rings is 1. The Hall–Kier alpha value is -2.53. The number of anilines is 1. The maximum absolute atomic E-state index is 13.7. The van der Waals surface area contributed by atoms with Crippen molar-refractivity contribution in [2.24, 2.45) is 0 Å². The summed E-state index contributed by atoms with van der Waals surface area (Å²) in [6.45, 7) is 1.84. The Bertz CT molecular complexity index is 1260. The number of carbonyl (C=O) groups excluding carboxylic acids is 1. The topological polar surface area (TPSA) is 97.8 Å². The summed E-state index contributed by atoms with van der Waals surface area (Å²) in [4.78, 5) is 12.9. The normalized spacial score (nSPS) is 14.1. The number of rotatable bonds is 6. The lowest BCUT2D eigenvalue weighted by molar-refractivity contribution is 0.0984. The number of ketones is 1. The van der Waals surface area contributed by atoms with E-state index in [0.29, 0.717) is 22.3 Å². The molecule has 0 unspecified atom stereocenters. The average Bonchev–Trinajstić information content (AvgIpc) is 3.13. The van der Waals surface area contributed by atoms with Crippen molar-refractivity contribution < 1.29 is 26.4 Å². The van der Waals surface area contributed by atoms with E-state index in [1.54, 1.807) is 12.1 Å². The molecule has 2 heterocycles. The number of benzene rings is 2. The van der Waals surface area contributed by atoms with Gasteiger partial charge < -0.3 is 4.74 Å². The summed E-state index contributed by atoms with van der Waals surface area (Å²) < 4.78 is 60.5. The smallest absolute Gasteiger partial charge is 0.278 e. The van der Waals surface area contributed by atoms with Gasteiger partial charge in [-0.1, -0.05) is 36.4 Å². The Balaban J connectivity index is 2.04. The quantitative estimate of drug-likeness (QED) is 0.503. The third-order valence-corrected chi connectivity index (χ3v) is 10.5. The van der Waals surface area contributed by atoms with Crippen LogP contribution in [0.15, 0.2) is 70.5 Å². The van der Waals surface area contributed by atoms with Crippen LogP contribution in [0.25, 0.3) is 0 Å². The van der Waals surface area contributed by atoms with E-state index in [4.69, 9.17) is 4.74 Å². The van der Waals surface area contributed by atoms with Crippen LogP contribution < -0.4 is 3.71 Å². The molecule has 0 aliphatic carbocycles. The van der Waals surface area contributed by atoms with E-state index in [9.17, 15) is 21.6 Å². The van der Waals surface area contributed by atoms with Crippen LogP contribution in [0.3, 0.4) is 0 Å². The number of carbonyl (C=O) groups is 1. The van der Waals surface area contributed by atoms with Crippen molar-refractivity contribution in [3.8, 4) is 0 Å². The first-order chi connectivity index (χ1) is 14.7. The molecule has 31 heavy (non-hydrogen) atoms. The van der Waals surface area contributed by atoms with Crippen LogP contribution in [0.1, 0.15) is 27.7 Å². The molecular weight excluding hydrogens is 458 g/mol. The molecule has 1 aromatic heterocycles. The van der Waals surface area contributed by atoms with E-state index in [0.717, 1.165) is 16.2 Å². The fraction of sp³-hybridized carbons (Fsp3) is 0.190. The molecule has 0 saturated carbocycles. The summed E-state index contributed by atoms with van der Waals surface area (Å²) in [7, 11) is -9.11. The van der Waals surface area contributed by atoms with Crippen molar-refractivity contribution in [2.75, 3.05) is 10.3 Å². The highest BCUT2D eigenvalue weighted by Gasteiger charge is 2.41. The molecule has 0 atom stereocenters. The van der Waals surface area contributed by atoms with Gasteiger partial charge in [-0.3, -0.25) is 4.79 Å². The zero-order valence-corrected chi connectivity index (χ0v) is 19.0. The molecule has 4 rings (SSSR count). The fourth-order valence-electron chi connectivity index (χ4n) is 3.41. The molecule has 0 N–H and O–H groups in total. The molecule has 1 aliphatic rings. The van der Waals surface area contributed by atoms with Crippen molar-refractivity contribution in [1.82, 2.24) is 0 Å². The number of nitrogens with zero attached hydrogens (tertiary/aromatic N) is 1. The second-order valence-electron chi connectivity index (χ2n) is 6.88. The van der Waals surface area contributed by atoms with Gasteiger partial charge >= 0.3 is 0 Å². The molecule has 0 amide bonds. The van der Waals surface area contributed by atoms with Gasteiger partial charge in [-0.25, -0.2) is 0 Å². The highest BCUT2D eigenvalue weighted by atomic mass is 32.3. The van der Waals surface area contributed by atoms with E-state index in [1.165, 1.54) is 55.5 Å². The predicted molar refractivity (Wildman–Crippen MR) is 117 cm³/mol. The van der Waals surface area contributed by atoms with Gasteiger partial charge in [-0.2, -0.15) is 16.8 Å². The van der Waals surface area contributed by atoms with Crippen LogP contribution in [0, 0.1) is 0 Å². The third-order valence-electron chi connectivity index (χ3n) is 4.83. The Morgan fingerprint density at radius 3 is 1.90 bits per heavy atom. The lowest BCUT2D eigenvalue weighted by atomic mass is 10.1. The second kappa shape index (κ2) is 8.19. The first-order valence-corrected chi connectivity index (χ1v) is 13.1. The predicted octanol–water partition coefficient (Wildman–Crippen LogP) is 3.61. The average molecular weight is 478 g/mol. The zero-order chi connectivity index (χ0) is 22.2. The lowest BCUT2D eigenvalue weighted by Gasteiger charge is -2.24. The number of ether oxygens (including phenoxy) is 1. The van der Waals surface area contributed by atoms with Crippen molar-refractivity contribution in [3.05, 3.63) is 76.7 Å². The van der Waals surface area contributed by atoms with E-state index < -0.39 is 25.8 Å². The van der Waals surface area contributed by atoms with E-state index in [1.807, 2.05) is 0 Å². The summed E-state index contributed by atoms with van der Waals surface area (Å²) in [5.41, 5.74) is 0.619. The van der Waals surface area contributed by atoms with Crippen LogP contribution in [-0.4, -0.2) is 29.2 Å². The van der Waals surface area contributed by atoms with Gasteiger partial charge in [-0.15, -0.1) is 15.0 Å². The minimum Gasteiger partial charge on any atom is -0.376 e. The van der Waals surface area contributed by atoms with Gasteiger partial charge in [0, 0.05) is 16.9 Å². The Morgan fingerprint density at radius 2 is 1.42 bits per heavy atom. The van der Waals surface area contributed by atoms with Crippen LogP contribution in [0.4, 0.5) is 5.00 Å². The molecule has 3 aromatic rings. The van der Waals surface area contributed by atoms with Crippen molar-refractivity contribution in [1.29, 1.82) is 0 Å². The van der Waals surface area contributed by atoms with Crippen LogP contribution >= 0.6 is 11.3 Å². The zero-order valence-electron chi connectivity index (χ0n) is 16.5. The maximum atomic E-state index is 13.7. The van der Waals surface area contributed by atoms with Crippen molar-refractivity contribution in [2.45, 2.75) is 29.7 Å². The summed E-state index contributed by atoms with van der Waals surface area (Å²) in [6, 6.07) is 14.6. The Kier molecular flexibility index (Phi) is 5.73. The maximum Gasteiger partial charge on any atom is 0.278 e. The number of hydrogen-bond acceptors (Lipinski definition) is 7. The SMILES string of the molecule is CC(=O)c1c(N(S(=O)(=O)c2ccccc2)S(=O)(=O)c2ccccc2)sc2c1COCC2. The molecule has 7 nitrogen and oxygen atoms in total. The number of fused-ring (bicyclic) bond motifs is 1. The molecule has 0 saturated heterocycles. The summed E-state index contributed by atoms with van der Waals surface area (Å²) >= 11 is 1.01. The second-order valence-corrected chi connectivity index (χ2v) is 11.8. The summed E-state index contributed by atoms with van der Waals surface area (Å²) in [6.07, 6.45) is 0.477. The monoisotopic (exact) mass is 477 g/mol. The number of hydrogen-bond donors (Lipinski definition) is 0. The lowest BCUT2D eigenvalue weighted by Crippen LogP contribution is -2.37. The highest BCUT2D eigenvalue weighted by Crippen LogP contribution is 2.43. The van der Waals surface area contributed by atoms with Crippen LogP contribution in [0.5, 0.6) is 0 Å². The largest absolute Gasteiger partial charge is 0.376 e. The van der Waals surface area contributed by atoms with Gasteiger partial charge in [0.1, 0.15) is 5.00 Å². The summed E-state index contributed by atoms with van der Waals surface area (Å²) in [5.74, 6) is -0.422. The first-order valence-electron chi connectivity index (χ1n) is 9.38. The molecule has 1 aliphatic heterocycles. The van der Waals surface area contributed by atoms with E-state index in [-0.39, 0.29) is 27.0 Å². The highest BCUT2D eigenvalue weighted by molar-refractivity contribution is 8.10. The van der Waals surface area contributed by atoms with Gasteiger partial charge in [0.2, 0.25) is 0 Å². The molecular formula is C21H19NO6S3. The Labute approximate surface area is 185 Å². The molecule has 0 bridgehead atoms. The van der Waals surface area contributed by atoms with Gasteiger partial charge in [0.05, 0.1) is 28.6 Å². The van der Waals surface area contributed by atoms with E-state index in [2.05, 4.69) is 0 Å². The van der Waals surface area contributed by atoms with Gasteiger partial charge in [-0.05, 0) is 31.2 Å². The van der Waals surface area contributed by atoms with Crippen LogP contribution in [0.2, 0.25) is 0 Å². The number of Topliss-reactive ketones (excluding diaryl/α,β-unsaturated/α-hetero) is 1. The fourth-order valence-corrected chi connectivity index (χ4v) is 8.92. The third kappa shape index (κ3) is 3.80. The summed E-state index contributed by atoms with van der Waals surface area (Å²) in [5, 5.41) is -0.129. The van der Waals surface area contributed by atoms with Crippen molar-refractivity contribution in [3.63, 3.8) is 0 Å². The van der Waals surface area contributed by atoms with Crippen LogP contribution in [-0.2, 0) is 37.8 Å². The molecule has 2 aromatic carbocycles. The van der Waals surface area contributed by atoms with Crippen molar-refractivity contribution >= 4 is 42.2 Å². The standard InChI is InChI=1S/C21H19NO6S3/c1-15(23)20-18-14-28-13-12-19(18)29-21(20)22(30(24,25)16-8-4-2-5-9-16)31(26,27)17-10-6-3-7-11-17/h2-11H,12-14H2,1H3. The first kappa shape index (κ1) is 21.7. The minimum absolute atomic E-state index is 0.0683. The van der Waals surface area contributed by atoms with Gasteiger partial charge in [0.25, 0.3) is 20.0 Å². The minimum atomic E-state index is -4.55. The molecule has 162 valence electrons. The Morgan fingerprint density at radius 1 is 0.903 bits per heavy atom. The van der Waals surface area contributed by atoms with E-state index >= 15 is 0 Å². The van der Waals surface area contributed by atoms with Gasteiger partial charge in [0.15, 0.2) is 5.78 Å². The molecule has 10 heteroatoms.